The molecule has 0 bridgehead atoms. The molecule has 0 N–H and O–H groups in total. The summed E-state index contributed by atoms with van der Waals surface area (Å²) in [6.07, 6.45) is 0. The van der Waals surface area contributed by atoms with Crippen molar-refractivity contribution in [1.29, 1.82) is 0 Å². The number of benzene rings is 3. The highest BCUT2D eigenvalue weighted by atomic mass is 16.5. The largest absolute Gasteiger partial charge is 0.497 e. The van der Waals surface area contributed by atoms with Crippen LogP contribution < -0.4 is 14.5 Å². The summed E-state index contributed by atoms with van der Waals surface area (Å²) in [7, 11) is 1.56. The number of nitrogens with zero attached hydrogens (tertiary/aromatic N) is 2. The van der Waals surface area contributed by atoms with E-state index < -0.39 is 0 Å². The first-order valence-electron chi connectivity index (χ1n) is 10.2. The van der Waals surface area contributed by atoms with Crippen molar-refractivity contribution in [2.24, 2.45) is 0 Å². The number of imide groups is 1. The Labute approximate surface area is 182 Å². The molecule has 4 rings (SSSR count). The number of hydrogen-bond donors (Lipinski definition) is 0. The second-order valence-electron chi connectivity index (χ2n) is 7.32. The number of amides is 2. The number of carbonyl (C=O) groups excluding carboxylic acids is 2. The fourth-order valence-corrected chi connectivity index (χ4v) is 3.81. The highest BCUT2D eigenvalue weighted by Crippen LogP contribution is 2.37. The number of methoxy groups -OCH3 is 1. The third-order valence-corrected chi connectivity index (χ3v) is 5.37. The smallest absolute Gasteiger partial charge is 0.282 e. The van der Waals surface area contributed by atoms with Gasteiger partial charge in [0.25, 0.3) is 11.8 Å². The number of aryl methyl sites for hydroxylation is 1. The van der Waals surface area contributed by atoms with Gasteiger partial charge in [0.1, 0.15) is 11.4 Å². The van der Waals surface area contributed by atoms with Crippen molar-refractivity contribution in [2.75, 3.05) is 23.5 Å². The number of ether oxygens (including phenoxy) is 1. The Morgan fingerprint density at radius 1 is 0.871 bits per heavy atom. The van der Waals surface area contributed by atoms with Crippen molar-refractivity contribution >= 4 is 28.8 Å². The van der Waals surface area contributed by atoms with E-state index in [-0.39, 0.29) is 11.8 Å². The molecular formula is C26H24N2O3. The van der Waals surface area contributed by atoms with Crippen LogP contribution in [0.1, 0.15) is 18.1 Å². The molecule has 5 heteroatoms. The molecule has 1 aliphatic rings. The summed E-state index contributed by atoms with van der Waals surface area (Å²) in [5, 5.41) is 0. The molecule has 0 aromatic heterocycles. The van der Waals surface area contributed by atoms with Crippen LogP contribution in [0.25, 0.3) is 5.57 Å². The lowest BCUT2D eigenvalue weighted by Gasteiger charge is -2.25. The highest BCUT2D eigenvalue weighted by molar-refractivity contribution is 6.46. The van der Waals surface area contributed by atoms with Crippen LogP contribution in [0.2, 0.25) is 0 Å². The molecule has 1 aliphatic heterocycles. The van der Waals surface area contributed by atoms with Gasteiger partial charge in [0.15, 0.2) is 0 Å². The first-order chi connectivity index (χ1) is 15.0. The number of para-hydroxylation sites is 1. The van der Waals surface area contributed by atoms with E-state index in [2.05, 4.69) is 0 Å². The number of likely N-dealkylation sites (N-methyl/N-ethyl adjacent to an activating group) is 1. The molecule has 0 saturated carbocycles. The summed E-state index contributed by atoms with van der Waals surface area (Å²) in [5.74, 6) is -0.107. The zero-order valence-electron chi connectivity index (χ0n) is 17.8. The zero-order chi connectivity index (χ0) is 22.0. The van der Waals surface area contributed by atoms with Gasteiger partial charge in [0.05, 0.1) is 18.4 Å². The number of hydrogen-bond acceptors (Lipinski definition) is 4. The Bertz CT molecular complexity index is 1150. The van der Waals surface area contributed by atoms with Crippen LogP contribution in [0, 0.1) is 6.92 Å². The third kappa shape index (κ3) is 3.70. The molecule has 0 aliphatic carbocycles. The van der Waals surface area contributed by atoms with Gasteiger partial charge in [-0.25, -0.2) is 4.90 Å². The summed E-state index contributed by atoms with van der Waals surface area (Å²) in [6, 6.07) is 24.3. The van der Waals surface area contributed by atoms with Gasteiger partial charge >= 0.3 is 0 Å². The van der Waals surface area contributed by atoms with Gasteiger partial charge in [-0.3, -0.25) is 9.59 Å². The Kier molecular flexibility index (Phi) is 5.58. The molecule has 0 saturated heterocycles. The van der Waals surface area contributed by atoms with Gasteiger partial charge in [-0.2, -0.15) is 0 Å². The van der Waals surface area contributed by atoms with E-state index in [1.165, 1.54) is 4.90 Å². The molecule has 156 valence electrons. The maximum Gasteiger partial charge on any atom is 0.282 e. The van der Waals surface area contributed by atoms with Crippen LogP contribution in [0.3, 0.4) is 0 Å². The first kappa shape index (κ1) is 20.4. The van der Waals surface area contributed by atoms with E-state index >= 15 is 0 Å². The van der Waals surface area contributed by atoms with Gasteiger partial charge in [0.2, 0.25) is 0 Å². The maximum atomic E-state index is 13.7. The topological polar surface area (TPSA) is 49.9 Å². The van der Waals surface area contributed by atoms with Crippen LogP contribution in [-0.2, 0) is 9.59 Å². The Morgan fingerprint density at radius 2 is 1.58 bits per heavy atom. The van der Waals surface area contributed by atoms with Crippen molar-refractivity contribution in [1.82, 2.24) is 0 Å². The molecule has 0 fully saturated rings. The van der Waals surface area contributed by atoms with Crippen LogP contribution in [-0.4, -0.2) is 25.5 Å². The average molecular weight is 412 g/mol. The van der Waals surface area contributed by atoms with E-state index in [0.717, 1.165) is 16.8 Å². The zero-order valence-corrected chi connectivity index (χ0v) is 17.8. The molecule has 2 amide bonds. The SMILES string of the molecule is CCN(C1=C(c2ccc(C)cc2)C(=O)N(c2cccc(OC)c2)C1=O)c1ccccc1. The maximum absolute atomic E-state index is 13.7. The van der Waals surface area contributed by atoms with Crippen LogP contribution in [0.5, 0.6) is 5.75 Å². The summed E-state index contributed by atoms with van der Waals surface area (Å²) < 4.78 is 5.30. The molecule has 0 radical (unpaired) electrons. The van der Waals surface area contributed by atoms with Gasteiger partial charge < -0.3 is 9.64 Å². The lowest BCUT2D eigenvalue weighted by atomic mass is 10.0. The molecule has 3 aromatic carbocycles. The molecule has 0 spiro atoms. The standard InChI is InChI=1S/C26H24N2O3/c1-4-27(20-9-6-5-7-10-20)24-23(19-15-13-18(2)14-16-19)25(29)28(26(24)30)21-11-8-12-22(17-21)31-3/h5-17H,4H2,1-3H3. The third-order valence-electron chi connectivity index (χ3n) is 5.37. The van der Waals surface area contributed by atoms with E-state index in [4.69, 9.17) is 4.74 Å². The predicted molar refractivity (Wildman–Crippen MR) is 123 cm³/mol. The normalized spacial score (nSPS) is 13.7. The second kappa shape index (κ2) is 8.48. The first-order valence-corrected chi connectivity index (χ1v) is 10.2. The van der Waals surface area contributed by atoms with E-state index in [0.29, 0.717) is 29.3 Å². The van der Waals surface area contributed by atoms with Crippen molar-refractivity contribution in [2.45, 2.75) is 13.8 Å². The monoisotopic (exact) mass is 412 g/mol. The lowest BCUT2D eigenvalue weighted by Crippen LogP contribution is -2.35. The van der Waals surface area contributed by atoms with E-state index in [9.17, 15) is 9.59 Å². The lowest BCUT2D eigenvalue weighted by molar-refractivity contribution is -0.120. The minimum Gasteiger partial charge on any atom is -0.497 e. The Morgan fingerprint density at radius 3 is 2.23 bits per heavy atom. The summed E-state index contributed by atoms with van der Waals surface area (Å²) >= 11 is 0. The fourth-order valence-electron chi connectivity index (χ4n) is 3.81. The van der Waals surface area contributed by atoms with Gasteiger partial charge in [-0.05, 0) is 43.7 Å². The van der Waals surface area contributed by atoms with Crippen molar-refractivity contribution < 1.29 is 14.3 Å². The molecular weight excluding hydrogens is 388 g/mol. The summed E-state index contributed by atoms with van der Waals surface area (Å²) in [4.78, 5) is 30.5. The second-order valence-corrected chi connectivity index (χ2v) is 7.32. The molecule has 0 unspecified atom stereocenters. The van der Waals surface area contributed by atoms with E-state index in [1.54, 1.807) is 31.4 Å². The average Bonchev–Trinajstić information content (AvgIpc) is 3.06. The fraction of sp³-hybridized carbons (Fsp3) is 0.154. The molecule has 5 nitrogen and oxygen atoms in total. The Balaban J connectivity index is 1.90. The number of rotatable bonds is 6. The minimum atomic E-state index is -0.348. The number of carbonyl (C=O) groups is 2. The quantitative estimate of drug-likeness (QED) is 0.545. The van der Waals surface area contributed by atoms with Gasteiger partial charge in [0, 0.05) is 18.3 Å². The Hall–Kier alpha value is -3.86. The highest BCUT2D eigenvalue weighted by Gasteiger charge is 2.42. The summed E-state index contributed by atoms with van der Waals surface area (Å²) in [5.41, 5.74) is 3.93. The predicted octanol–water partition coefficient (Wildman–Crippen LogP) is 4.81. The van der Waals surface area contributed by atoms with E-state index in [1.807, 2.05) is 73.3 Å². The molecule has 1 heterocycles. The molecule has 0 atom stereocenters. The van der Waals surface area contributed by atoms with Crippen LogP contribution in [0.15, 0.2) is 84.6 Å². The van der Waals surface area contributed by atoms with Crippen molar-refractivity contribution in [3.05, 3.63) is 95.7 Å². The van der Waals surface area contributed by atoms with Crippen LogP contribution >= 0.6 is 0 Å². The minimum absolute atomic E-state index is 0.341. The van der Waals surface area contributed by atoms with Gasteiger partial charge in [-0.1, -0.05) is 54.1 Å². The van der Waals surface area contributed by atoms with Crippen molar-refractivity contribution in [3.8, 4) is 5.75 Å². The van der Waals surface area contributed by atoms with Crippen molar-refractivity contribution in [3.63, 3.8) is 0 Å². The molecule has 31 heavy (non-hydrogen) atoms. The summed E-state index contributed by atoms with van der Waals surface area (Å²) in [6.45, 7) is 4.50. The van der Waals surface area contributed by atoms with Gasteiger partial charge in [-0.15, -0.1) is 0 Å². The molecule has 3 aromatic rings. The van der Waals surface area contributed by atoms with Crippen LogP contribution in [0.4, 0.5) is 11.4 Å². The number of anilines is 2.